The molecule has 2 rings (SSSR count). The minimum Gasteiger partial charge on any atom is -0.306 e. The Balaban J connectivity index is 2.55. The van der Waals surface area contributed by atoms with E-state index in [2.05, 4.69) is 5.32 Å². The third-order valence-corrected chi connectivity index (χ3v) is 3.70. The maximum absolute atomic E-state index is 13.5. The van der Waals surface area contributed by atoms with Gasteiger partial charge >= 0.3 is 0 Å². The van der Waals surface area contributed by atoms with Gasteiger partial charge < -0.3 is 5.32 Å². The molecule has 0 aromatic heterocycles. The lowest BCUT2D eigenvalue weighted by atomic mass is 9.97. The highest BCUT2D eigenvalue weighted by molar-refractivity contribution is 6.31. The zero-order chi connectivity index (χ0) is 15.6. The van der Waals surface area contributed by atoms with Crippen LogP contribution in [0.2, 0.25) is 10.0 Å². The summed E-state index contributed by atoms with van der Waals surface area (Å²) in [7, 11) is 0. The zero-order valence-electron chi connectivity index (χ0n) is 11.7. The van der Waals surface area contributed by atoms with Crippen molar-refractivity contribution in [3.05, 3.63) is 68.7 Å². The second-order valence-corrected chi connectivity index (χ2v) is 5.68. The minimum atomic E-state index is -0.957. The van der Waals surface area contributed by atoms with Gasteiger partial charge in [-0.3, -0.25) is 0 Å². The fraction of sp³-hybridized carbons (Fsp3) is 0.250. The van der Waals surface area contributed by atoms with Crippen molar-refractivity contribution in [1.82, 2.24) is 5.32 Å². The number of nitrogens with one attached hydrogen (secondary N) is 1. The van der Waals surface area contributed by atoms with Gasteiger partial charge in [-0.2, -0.15) is 0 Å². The third-order valence-electron chi connectivity index (χ3n) is 3.16. The summed E-state index contributed by atoms with van der Waals surface area (Å²) in [6.45, 7) is 4.50. The van der Waals surface area contributed by atoms with E-state index in [1.807, 2.05) is 26.0 Å². The molecular formula is C16H15Cl2F2N. The molecule has 0 radical (unpaired) electrons. The van der Waals surface area contributed by atoms with Crippen molar-refractivity contribution in [3.8, 4) is 0 Å². The SMILES string of the molecule is CCNC(c1cc(C)cc(Cl)c1)c1cc(F)c(F)cc1Cl. The fourth-order valence-corrected chi connectivity index (χ4v) is 2.86. The highest BCUT2D eigenvalue weighted by Gasteiger charge is 2.19. The van der Waals surface area contributed by atoms with Crippen molar-refractivity contribution in [2.75, 3.05) is 6.54 Å². The lowest BCUT2D eigenvalue weighted by Crippen LogP contribution is -2.22. The summed E-state index contributed by atoms with van der Waals surface area (Å²) in [6.07, 6.45) is 0. The molecule has 0 aliphatic rings. The van der Waals surface area contributed by atoms with E-state index >= 15 is 0 Å². The first-order valence-corrected chi connectivity index (χ1v) is 7.33. The van der Waals surface area contributed by atoms with Crippen LogP contribution in [0.4, 0.5) is 8.78 Å². The van der Waals surface area contributed by atoms with Gasteiger partial charge in [-0.1, -0.05) is 36.2 Å². The summed E-state index contributed by atoms with van der Waals surface area (Å²) >= 11 is 12.2. The van der Waals surface area contributed by atoms with Crippen LogP contribution in [0.15, 0.2) is 30.3 Å². The maximum atomic E-state index is 13.5. The number of hydrogen-bond donors (Lipinski definition) is 1. The predicted molar refractivity (Wildman–Crippen MR) is 83.1 cm³/mol. The molecule has 0 amide bonds. The molecule has 0 aliphatic heterocycles. The van der Waals surface area contributed by atoms with E-state index in [1.165, 1.54) is 0 Å². The van der Waals surface area contributed by atoms with Crippen LogP contribution in [0, 0.1) is 18.6 Å². The Morgan fingerprint density at radius 1 is 1.05 bits per heavy atom. The molecule has 1 atom stereocenters. The average Bonchev–Trinajstić information content (AvgIpc) is 2.39. The topological polar surface area (TPSA) is 12.0 Å². The van der Waals surface area contributed by atoms with Gasteiger partial charge in [-0.05, 0) is 54.4 Å². The summed E-state index contributed by atoms with van der Waals surface area (Å²) < 4.78 is 26.8. The van der Waals surface area contributed by atoms with E-state index in [-0.39, 0.29) is 11.1 Å². The van der Waals surface area contributed by atoms with Gasteiger partial charge in [-0.25, -0.2) is 8.78 Å². The molecule has 0 heterocycles. The molecule has 1 unspecified atom stereocenters. The van der Waals surface area contributed by atoms with Gasteiger partial charge in [0.1, 0.15) is 0 Å². The minimum absolute atomic E-state index is 0.178. The number of aryl methyl sites for hydroxylation is 1. The van der Waals surface area contributed by atoms with Crippen LogP contribution in [-0.4, -0.2) is 6.54 Å². The third kappa shape index (κ3) is 3.73. The Hall–Kier alpha value is -1.16. The highest BCUT2D eigenvalue weighted by atomic mass is 35.5. The molecule has 5 heteroatoms. The van der Waals surface area contributed by atoms with Crippen molar-refractivity contribution in [2.45, 2.75) is 19.9 Å². The molecule has 0 bridgehead atoms. The molecule has 0 saturated carbocycles. The molecular weight excluding hydrogens is 315 g/mol. The summed E-state index contributed by atoms with van der Waals surface area (Å²) in [5.74, 6) is -1.88. The fourth-order valence-electron chi connectivity index (χ4n) is 2.30. The number of hydrogen-bond acceptors (Lipinski definition) is 1. The Bertz CT molecular complexity index is 639. The van der Waals surface area contributed by atoms with Gasteiger partial charge in [0.2, 0.25) is 0 Å². The van der Waals surface area contributed by atoms with Crippen LogP contribution < -0.4 is 5.32 Å². The Morgan fingerprint density at radius 2 is 1.71 bits per heavy atom. The van der Waals surface area contributed by atoms with Crippen molar-refractivity contribution < 1.29 is 8.78 Å². The van der Waals surface area contributed by atoms with Crippen LogP contribution >= 0.6 is 23.2 Å². The molecule has 0 saturated heterocycles. The van der Waals surface area contributed by atoms with Crippen molar-refractivity contribution >= 4 is 23.2 Å². The number of halogens is 4. The van der Waals surface area contributed by atoms with E-state index in [0.29, 0.717) is 17.1 Å². The van der Waals surface area contributed by atoms with Crippen LogP contribution in [0.25, 0.3) is 0 Å². The van der Waals surface area contributed by atoms with E-state index in [4.69, 9.17) is 23.2 Å². The summed E-state index contributed by atoms with van der Waals surface area (Å²) in [5, 5.41) is 3.99. The average molecular weight is 330 g/mol. The monoisotopic (exact) mass is 329 g/mol. The summed E-state index contributed by atoms with van der Waals surface area (Å²) in [5.41, 5.74) is 2.33. The number of benzene rings is 2. The first kappa shape index (κ1) is 16.2. The molecule has 2 aromatic rings. The summed E-state index contributed by atoms with van der Waals surface area (Å²) in [6, 6.07) is 7.34. The normalized spacial score (nSPS) is 12.5. The quantitative estimate of drug-likeness (QED) is 0.752. The van der Waals surface area contributed by atoms with Gasteiger partial charge in [0.15, 0.2) is 11.6 Å². The molecule has 1 N–H and O–H groups in total. The van der Waals surface area contributed by atoms with Crippen LogP contribution in [0.1, 0.15) is 29.7 Å². The molecule has 2 aromatic carbocycles. The Morgan fingerprint density at radius 3 is 2.33 bits per heavy atom. The lowest BCUT2D eigenvalue weighted by Gasteiger charge is -2.21. The molecule has 0 aliphatic carbocycles. The standard InChI is InChI=1S/C16H15Cl2F2N/c1-3-21-16(10-4-9(2)5-11(17)6-10)12-7-14(19)15(20)8-13(12)18/h4-8,16,21H,3H2,1-2H3. The Labute approximate surface area is 132 Å². The van der Waals surface area contributed by atoms with E-state index in [9.17, 15) is 8.78 Å². The summed E-state index contributed by atoms with van der Waals surface area (Å²) in [4.78, 5) is 0. The highest BCUT2D eigenvalue weighted by Crippen LogP contribution is 2.32. The molecule has 112 valence electrons. The maximum Gasteiger partial charge on any atom is 0.160 e. The first-order chi connectivity index (χ1) is 9.92. The molecule has 1 nitrogen and oxygen atoms in total. The van der Waals surface area contributed by atoms with Crippen LogP contribution in [-0.2, 0) is 0 Å². The predicted octanol–water partition coefficient (Wildman–Crippen LogP) is 5.28. The van der Waals surface area contributed by atoms with E-state index < -0.39 is 11.6 Å². The zero-order valence-corrected chi connectivity index (χ0v) is 13.2. The molecule has 0 fully saturated rings. The second kappa shape index (κ2) is 6.73. The van der Waals surface area contributed by atoms with Crippen molar-refractivity contribution in [1.29, 1.82) is 0 Å². The van der Waals surface area contributed by atoms with Crippen LogP contribution in [0.3, 0.4) is 0 Å². The smallest absolute Gasteiger partial charge is 0.160 e. The van der Waals surface area contributed by atoms with Gasteiger partial charge in [-0.15, -0.1) is 0 Å². The van der Waals surface area contributed by atoms with E-state index in [0.717, 1.165) is 23.3 Å². The number of rotatable bonds is 4. The first-order valence-electron chi connectivity index (χ1n) is 6.57. The van der Waals surface area contributed by atoms with Crippen LogP contribution in [0.5, 0.6) is 0 Å². The largest absolute Gasteiger partial charge is 0.306 e. The van der Waals surface area contributed by atoms with Gasteiger partial charge in [0.05, 0.1) is 6.04 Å². The lowest BCUT2D eigenvalue weighted by molar-refractivity contribution is 0.504. The second-order valence-electron chi connectivity index (χ2n) is 4.84. The molecule has 0 spiro atoms. The van der Waals surface area contributed by atoms with Gasteiger partial charge in [0.25, 0.3) is 0 Å². The van der Waals surface area contributed by atoms with Crippen molar-refractivity contribution in [3.63, 3.8) is 0 Å². The molecule has 21 heavy (non-hydrogen) atoms. The van der Waals surface area contributed by atoms with Crippen molar-refractivity contribution in [2.24, 2.45) is 0 Å². The van der Waals surface area contributed by atoms with E-state index in [1.54, 1.807) is 6.07 Å². The van der Waals surface area contributed by atoms with Gasteiger partial charge in [0, 0.05) is 10.0 Å². The Kier molecular flexibility index (Phi) is 5.20.